The molecule has 0 bridgehead atoms. The van der Waals surface area contributed by atoms with E-state index >= 15 is 0 Å². The molecule has 6 nitrogen and oxygen atoms in total. The number of nitriles is 1. The Labute approximate surface area is 91.7 Å². The quantitative estimate of drug-likeness (QED) is 0.436. The Kier molecular flexibility index (Phi) is 3.33. The third-order valence-corrected chi connectivity index (χ3v) is 2.14. The molecule has 0 spiro atoms. The fourth-order valence-electron chi connectivity index (χ4n) is 1.31. The molecule has 0 aromatic heterocycles. The second-order valence-electron chi connectivity index (χ2n) is 3.27. The van der Waals surface area contributed by atoms with Crippen molar-refractivity contribution in [3.63, 3.8) is 0 Å². The number of carbonyl (C=O) groups is 1. The van der Waals surface area contributed by atoms with Crippen LogP contribution < -0.4 is 11.5 Å². The number of benzene rings is 1. The number of phenolic OH excluding ortho intramolecular Hbond substituents is 1. The van der Waals surface area contributed by atoms with E-state index in [2.05, 4.69) is 0 Å². The maximum absolute atomic E-state index is 10.7. The first-order valence-corrected chi connectivity index (χ1v) is 4.45. The van der Waals surface area contributed by atoms with E-state index in [9.17, 15) is 9.90 Å². The van der Waals surface area contributed by atoms with Crippen LogP contribution in [0.5, 0.6) is 5.75 Å². The number of carboxylic acid groups (broad SMARTS) is 1. The van der Waals surface area contributed by atoms with Crippen LogP contribution in [0.1, 0.15) is 28.4 Å². The van der Waals surface area contributed by atoms with Gasteiger partial charge in [0.1, 0.15) is 5.75 Å². The minimum Gasteiger partial charge on any atom is -0.508 e. The van der Waals surface area contributed by atoms with Crippen molar-refractivity contribution in [3.05, 3.63) is 23.3 Å². The number of nitrogen functional groups attached to an aromatic ring is 1. The lowest BCUT2D eigenvalue weighted by Gasteiger charge is -2.12. The number of nitrogens with zero attached hydrogens (tertiary/aromatic N) is 1. The number of hydrogen-bond acceptors (Lipinski definition) is 5. The molecule has 1 atom stereocenters. The van der Waals surface area contributed by atoms with E-state index in [1.165, 1.54) is 6.07 Å². The van der Waals surface area contributed by atoms with Gasteiger partial charge in [-0.2, -0.15) is 5.26 Å². The average Bonchev–Trinajstić information content (AvgIpc) is 2.20. The molecule has 0 aliphatic heterocycles. The highest BCUT2D eigenvalue weighted by molar-refractivity contribution is 5.94. The Hall–Kier alpha value is -2.26. The van der Waals surface area contributed by atoms with Gasteiger partial charge >= 0.3 is 5.97 Å². The van der Waals surface area contributed by atoms with Crippen LogP contribution in [0.3, 0.4) is 0 Å². The Bertz CT molecular complexity index is 465. The van der Waals surface area contributed by atoms with Crippen LogP contribution in [0.4, 0.5) is 5.69 Å². The topological polar surface area (TPSA) is 133 Å². The third kappa shape index (κ3) is 2.21. The molecule has 6 N–H and O–H groups in total. The fourth-order valence-corrected chi connectivity index (χ4v) is 1.31. The molecule has 84 valence electrons. The van der Waals surface area contributed by atoms with Gasteiger partial charge in [0.25, 0.3) is 0 Å². The van der Waals surface area contributed by atoms with E-state index in [1.807, 2.05) is 6.07 Å². The summed E-state index contributed by atoms with van der Waals surface area (Å²) in [6, 6.07) is 3.48. The van der Waals surface area contributed by atoms with Gasteiger partial charge in [0.2, 0.25) is 0 Å². The predicted octanol–water partition coefficient (Wildman–Crippen LogP) is 0.586. The Morgan fingerprint density at radius 2 is 2.19 bits per heavy atom. The smallest absolute Gasteiger partial charge is 0.337 e. The number of hydrogen-bond donors (Lipinski definition) is 4. The van der Waals surface area contributed by atoms with Crippen molar-refractivity contribution in [1.82, 2.24) is 0 Å². The molecule has 1 unspecified atom stereocenters. The van der Waals surface area contributed by atoms with Gasteiger partial charge in [0.05, 0.1) is 18.1 Å². The minimum absolute atomic E-state index is 0.00805. The Morgan fingerprint density at radius 3 is 2.69 bits per heavy atom. The Morgan fingerprint density at radius 1 is 1.56 bits per heavy atom. The number of anilines is 1. The SMILES string of the molecule is N#CCC(N)c1cc(N)c(C(=O)O)cc1O. The maximum atomic E-state index is 10.7. The average molecular weight is 221 g/mol. The maximum Gasteiger partial charge on any atom is 0.337 e. The first kappa shape index (κ1) is 11.8. The first-order valence-electron chi connectivity index (χ1n) is 4.45. The molecule has 1 rings (SSSR count). The van der Waals surface area contributed by atoms with Crippen molar-refractivity contribution in [3.8, 4) is 11.8 Å². The minimum atomic E-state index is -1.23. The number of aromatic hydroxyl groups is 1. The second kappa shape index (κ2) is 4.51. The van der Waals surface area contributed by atoms with Gasteiger partial charge in [-0.25, -0.2) is 4.79 Å². The summed E-state index contributed by atoms with van der Waals surface area (Å²) in [7, 11) is 0. The van der Waals surface area contributed by atoms with Crippen molar-refractivity contribution in [2.45, 2.75) is 12.5 Å². The van der Waals surface area contributed by atoms with Crippen molar-refractivity contribution in [1.29, 1.82) is 5.26 Å². The van der Waals surface area contributed by atoms with Crippen molar-refractivity contribution in [2.24, 2.45) is 5.73 Å². The lowest BCUT2D eigenvalue weighted by atomic mass is 10.0. The molecule has 6 heteroatoms. The van der Waals surface area contributed by atoms with Crippen LogP contribution in [0.25, 0.3) is 0 Å². The zero-order valence-corrected chi connectivity index (χ0v) is 8.34. The molecule has 1 aromatic rings. The van der Waals surface area contributed by atoms with Crippen molar-refractivity contribution in [2.75, 3.05) is 5.73 Å². The van der Waals surface area contributed by atoms with Crippen LogP contribution in [-0.4, -0.2) is 16.2 Å². The fraction of sp³-hybridized carbons (Fsp3) is 0.200. The summed E-state index contributed by atoms with van der Waals surface area (Å²) in [6.45, 7) is 0. The summed E-state index contributed by atoms with van der Waals surface area (Å²) < 4.78 is 0. The van der Waals surface area contributed by atoms with E-state index in [0.717, 1.165) is 6.07 Å². The van der Waals surface area contributed by atoms with Gasteiger partial charge in [0, 0.05) is 17.3 Å². The Balaban J connectivity index is 3.21. The molecule has 16 heavy (non-hydrogen) atoms. The molecule has 0 amide bonds. The van der Waals surface area contributed by atoms with E-state index in [1.54, 1.807) is 0 Å². The number of rotatable bonds is 3. The molecular formula is C10H11N3O3. The van der Waals surface area contributed by atoms with E-state index in [4.69, 9.17) is 21.8 Å². The largest absolute Gasteiger partial charge is 0.508 e. The van der Waals surface area contributed by atoms with Crippen LogP contribution >= 0.6 is 0 Å². The van der Waals surface area contributed by atoms with Gasteiger partial charge in [0.15, 0.2) is 0 Å². The normalized spacial score (nSPS) is 11.8. The van der Waals surface area contributed by atoms with Crippen LogP contribution in [0, 0.1) is 11.3 Å². The molecule has 0 aliphatic carbocycles. The van der Waals surface area contributed by atoms with E-state index < -0.39 is 12.0 Å². The lowest BCUT2D eigenvalue weighted by Crippen LogP contribution is -2.11. The van der Waals surface area contributed by atoms with Gasteiger partial charge < -0.3 is 21.7 Å². The van der Waals surface area contributed by atoms with Crippen molar-refractivity contribution < 1.29 is 15.0 Å². The standard InChI is InChI=1S/C10H11N3O3/c11-2-1-7(12)5-3-8(13)6(10(15)16)4-9(5)14/h3-4,7,14H,1,12-13H2,(H,15,16). The zero-order valence-electron chi connectivity index (χ0n) is 8.34. The lowest BCUT2D eigenvalue weighted by molar-refractivity contribution is 0.0697. The summed E-state index contributed by atoms with van der Waals surface area (Å²) in [5.41, 5.74) is 11.2. The van der Waals surface area contributed by atoms with Gasteiger partial charge in [-0.1, -0.05) is 0 Å². The zero-order chi connectivity index (χ0) is 12.3. The highest BCUT2D eigenvalue weighted by Gasteiger charge is 2.16. The third-order valence-electron chi connectivity index (χ3n) is 2.14. The van der Waals surface area contributed by atoms with Crippen molar-refractivity contribution >= 4 is 11.7 Å². The predicted molar refractivity (Wildman–Crippen MR) is 56.6 cm³/mol. The molecule has 1 aromatic carbocycles. The summed E-state index contributed by atoms with van der Waals surface area (Å²) in [5.74, 6) is -1.50. The number of aromatic carboxylic acids is 1. The molecule has 0 aliphatic rings. The summed E-state index contributed by atoms with van der Waals surface area (Å²) >= 11 is 0. The molecular weight excluding hydrogens is 210 g/mol. The first-order chi connectivity index (χ1) is 7.47. The van der Waals surface area contributed by atoms with E-state index in [0.29, 0.717) is 0 Å². The number of phenols is 1. The second-order valence-corrected chi connectivity index (χ2v) is 3.27. The van der Waals surface area contributed by atoms with Crippen LogP contribution in [0.2, 0.25) is 0 Å². The van der Waals surface area contributed by atoms with Gasteiger partial charge in [-0.3, -0.25) is 0 Å². The molecule has 0 fully saturated rings. The summed E-state index contributed by atoms with van der Waals surface area (Å²) in [6.07, 6.45) is 0.0133. The highest BCUT2D eigenvalue weighted by Crippen LogP contribution is 2.29. The molecule has 0 saturated heterocycles. The van der Waals surface area contributed by atoms with Crippen LogP contribution in [0.15, 0.2) is 12.1 Å². The number of carboxylic acids is 1. The molecule has 0 heterocycles. The van der Waals surface area contributed by atoms with Crippen LogP contribution in [-0.2, 0) is 0 Å². The molecule has 0 radical (unpaired) electrons. The van der Waals surface area contributed by atoms with E-state index in [-0.39, 0.29) is 29.0 Å². The highest BCUT2D eigenvalue weighted by atomic mass is 16.4. The van der Waals surface area contributed by atoms with Gasteiger partial charge in [-0.05, 0) is 12.1 Å². The molecule has 0 saturated carbocycles. The summed E-state index contributed by atoms with van der Waals surface area (Å²) in [5, 5.41) is 26.8. The monoisotopic (exact) mass is 221 g/mol. The number of nitrogens with two attached hydrogens (primary N) is 2. The summed E-state index contributed by atoms with van der Waals surface area (Å²) in [4.78, 5) is 10.7. The van der Waals surface area contributed by atoms with Gasteiger partial charge in [-0.15, -0.1) is 0 Å².